The van der Waals surface area contributed by atoms with Crippen LogP contribution in [0.5, 0.6) is 0 Å². The van der Waals surface area contributed by atoms with Crippen LogP contribution in [0.25, 0.3) is 0 Å². The number of rotatable bonds is 2. The Hall–Kier alpha value is -2.43. The van der Waals surface area contributed by atoms with E-state index in [1.54, 1.807) is 12.1 Å². The standard InChI is InChI=1S/C15H14F3N3O.3CH5N/c1-21-8-11(13(20-21)15(16,17)18)14(22)19-12-7-3-5-9-4-2-6-10(9)12;3*1-2/h3,5,7-8H,2,4,6H2,1H3,(H,19,22);3*2H2,1H3. The second-order valence-corrected chi connectivity index (χ2v) is 5.31. The molecule has 0 aliphatic heterocycles. The minimum atomic E-state index is -4.66. The molecule has 158 valence electrons. The zero-order valence-corrected chi connectivity index (χ0v) is 16.6. The van der Waals surface area contributed by atoms with E-state index in [-0.39, 0.29) is 0 Å². The number of carbonyl (C=O) groups excluding carboxylic acids is 1. The summed E-state index contributed by atoms with van der Waals surface area (Å²) in [6.07, 6.45) is -0.832. The Labute approximate surface area is 163 Å². The smallest absolute Gasteiger partial charge is 0.333 e. The van der Waals surface area contributed by atoms with Crippen molar-refractivity contribution in [3.8, 4) is 0 Å². The van der Waals surface area contributed by atoms with E-state index >= 15 is 0 Å². The normalized spacial score (nSPS) is 11.6. The quantitative estimate of drug-likeness (QED) is 0.611. The highest BCUT2D eigenvalue weighted by atomic mass is 19.4. The number of amides is 1. The van der Waals surface area contributed by atoms with Crippen LogP contribution in [0.4, 0.5) is 18.9 Å². The van der Waals surface area contributed by atoms with Gasteiger partial charge in [-0.25, -0.2) is 0 Å². The van der Waals surface area contributed by atoms with Gasteiger partial charge in [-0.3, -0.25) is 9.48 Å². The van der Waals surface area contributed by atoms with Crippen molar-refractivity contribution in [2.24, 2.45) is 24.2 Å². The maximum atomic E-state index is 12.9. The summed E-state index contributed by atoms with van der Waals surface area (Å²) >= 11 is 0. The Bertz CT molecular complexity index is 743. The number of benzene rings is 1. The van der Waals surface area contributed by atoms with Crippen LogP contribution in [-0.2, 0) is 26.1 Å². The number of alkyl halides is 3. The van der Waals surface area contributed by atoms with E-state index in [1.807, 2.05) is 6.07 Å². The highest BCUT2D eigenvalue weighted by molar-refractivity contribution is 6.05. The Balaban J connectivity index is 0.00000111. The molecule has 0 radical (unpaired) electrons. The Kier molecular flexibility index (Phi) is 11.1. The number of fused-ring (bicyclic) bond motifs is 1. The van der Waals surface area contributed by atoms with Crippen molar-refractivity contribution in [1.29, 1.82) is 0 Å². The molecule has 2 aromatic rings. The van der Waals surface area contributed by atoms with Gasteiger partial charge in [-0.2, -0.15) is 18.3 Å². The highest BCUT2D eigenvalue weighted by Gasteiger charge is 2.39. The van der Waals surface area contributed by atoms with E-state index in [0.29, 0.717) is 5.69 Å². The van der Waals surface area contributed by atoms with Crippen LogP contribution >= 0.6 is 0 Å². The molecule has 10 heteroatoms. The Morgan fingerprint density at radius 1 is 1.11 bits per heavy atom. The van der Waals surface area contributed by atoms with Gasteiger partial charge in [0, 0.05) is 18.9 Å². The lowest BCUT2D eigenvalue weighted by Gasteiger charge is -2.11. The van der Waals surface area contributed by atoms with Crippen LogP contribution in [0.1, 0.15) is 33.6 Å². The van der Waals surface area contributed by atoms with Crippen molar-refractivity contribution in [2.45, 2.75) is 25.4 Å². The van der Waals surface area contributed by atoms with Gasteiger partial charge >= 0.3 is 6.18 Å². The van der Waals surface area contributed by atoms with Crippen molar-refractivity contribution < 1.29 is 18.0 Å². The van der Waals surface area contributed by atoms with Crippen molar-refractivity contribution in [1.82, 2.24) is 9.78 Å². The van der Waals surface area contributed by atoms with Crippen LogP contribution in [-0.4, -0.2) is 36.8 Å². The lowest BCUT2D eigenvalue weighted by molar-refractivity contribution is -0.141. The molecule has 0 bridgehead atoms. The van der Waals surface area contributed by atoms with Gasteiger partial charge in [0.2, 0.25) is 0 Å². The van der Waals surface area contributed by atoms with Crippen LogP contribution < -0.4 is 22.5 Å². The van der Waals surface area contributed by atoms with Gasteiger partial charge in [-0.15, -0.1) is 0 Å². The predicted molar refractivity (Wildman–Crippen MR) is 105 cm³/mol. The molecule has 1 aromatic carbocycles. The predicted octanol–water partition coefficient (Wildman–Crippen LogP) is 1.90. The number of nitrogens with zero attached hydrogens (tertiary/aromatic N) is 2. The molecule has 0 fully saturated rings. The molecule has 3 rings (SSSR count). The van der Waals surface area contributed by atoms with Crippen molar-refractivity contribution in [2.75, 3.05) is 26.5 Å². The summed E-state index contributed by atoms with van der Waals surface area (Å²) < 4.78 is 39.8. The summed E-state index contributed by atoms with van der Waals surface area (Å²) in [4.78, 5) is 12.2. The highest BCUT2D eigenvalue weighted by Crippen LogP contribution is 2.32. The molecular weight excluding hydrogens is 373 g/mol. The van der Waals surface area contributed by atoms with Crippen LogP contribution in [0.3, 0.4) is 0 Å². The fourth-order valence-corrected chi connectivity index (χ4v) is 2.79. The molecule has 0 saturated heterocycles. The first-order valence-corrected chi connectivity index (χ1v) is 8.62. The van der Waals surface area contributed by atoms with Gasteiger partial charge in [0.1, 0.15) is 0 Å². The third-order valence-corrected chi connectivity index (χ3v) is 3.74. The number of aromatic nitrogens is 2. The van der Waals surface area contributed by atoms with E-state index < -0.39 is 23.3 Å². The molecule has 1 amide bonds. The van der Waals surface area contributed by atoms with Crippen molar-refractivity contribution in [3.63, 3.8) is 0 Å². The van der Waals surface area contributed by atoms with Gasteiger partial charge in [-0.05, 0) is 57.6 Å². The van der Waals surface area contributed by atoms with Gasteiger partial charge in [0.05, 0.1) is 5.56 Å². The average Bonchev–Trinajstić information content (AvgIpc) is 3.33. The third-order valence-electron chi connectivity index (χ3n) is 3.74. The summed E-state index contributed by atoms with van der Waals surface area (Å²) in [6.45, 7) is 0. The van der Waals surface area contributed by atoms with Gasteiger partial charge in [0.25, 0.3) is 5.91 Å². The zero-order chi connectivity index (χ0) is 21.9. The summed E-state index contributed by atoms with van der Waals surface area (Å²) in [5.41, 5.74) is 14.6. The SMILES string of the molecule is CN.CN.CN.Cn1cc(C(=O)Nc2cccc3c2CCC3)c(C(F)(F)F)n1. The number of aryl methyl sites for hydroxylation is 2. The number of halogens is 3. The Morgan fingerprint density at radius 2 is 1.71 bits per heavy atom. The van der Waals surface area contributed by atoms with Crippen LogP contribution in [0.15, 0.2) is 24.4 Å². The maximum absolute atomic E-state index is 12.9. The first kappa shape index (κ1) is 25.6. The van der Waals surface area contributed by atoms with E-state index in [0.717, 1.165) is 41.3 Å². The average molecular weight is 402 g/mol. The minimum absolute atomic E-state index is 0.467. The molecule has 0 saturated carbocycles. The van der Waals surface area contributed by atoms with E-state index in [1.165, 1.54) is 28.2 Å². The molecule has 1 aromatic heterocycles. The summed E-state index contributed by atoms with van der Waals surface area (Å²) in [6, 6.07) is 5.49. The fraction of sp³-hybridized carbons (Fsp3) is 0.444. The zero-order valence-electron chi connectivity index (χ0n) is 16.6. The van der Waals surface area contributed by atoms with Gasteiger partial charge in [-0.1, -0.05) is 12.1 Å². The lowest BCUT2D eigenvalue weighted by Crippen LogP contribution is -2.18. The number of nitrogens with one attached hydrogen (secondary N) is 1. The molecule has 0 atom stereocenters. The number of hydrogen-bond donors (Lipinski definition) is 4. The number of nitrogens with two attached hydrogens (primary N) is 3. The van der Waals surface area contributed by atoms with E-state index in [4.69, 9.17) is 0 Å². The monoisotopic (exact) mass is 402 g/mol. The summed E-state index contributed by atoms with van der Waals surface area (Å²) in [7, 11) is 5.85. The van der Waals surface area contributed by atoms with Crippen LogP contribution in [0, 0.1) is 0 Å². The van der Waals surface area contributed by atoms with E-state index in [2.05, 4.69) is 27.6 Å². The molecule has 1 aliphatic rings. The molecule has 0 unspecified atom stereocenters. The molecule has 7 N–H and O–H groups in total. The van der Waals surface area contributed by atoms with Gasteiger partial charge in [0.15, 0.2) is 5.69 Å². The third kappa shape index (κ3) is 6.32. The van der Waals surface area contributed by atoms with E-state index in [9.17, 15) is 18.0 Å². The largest absolute Gasteiger partial charge is 0.435 e. The molecule has 0 spiro atoms. The summed E-state index contributed by atoms with van der Waals surface area (Å²) in [5, 5.41) is 5.94. The summed E-state index contributed by atoms with van der Waals surface area (Å²) in [5.74, 6) is -0.791. The first-order valence-electron chi connectivity index (χ1n) is 8.62. The molecule has 1 heterocycles. The van der Waals surface area contributed by atoms with Crippen molar-refractivity contribution >= 4 is 11.6 Å². The van der Waals surface area contributed by atoms with Crippen molar-refractivity contribution in [3.05, 3.63) is 46.8 Å². The molecule has 28 heavy (non-hydrogen) atoms. The molecular formula is C18H29F3N6O. The van der Waals surface area contributed by atoms with Crippen LogP contribution in [0.2, 0.25) is 0 Å². The van der Waals surface area contributed by atoms with Gasteiger partial charge < -0.3 is 22.5 Å². The Morgan fingerprint density at radius 3 is 2.29 bits per heavy atom. The number of carbonyl (C=O) groups is 1. The lowest BCUT2D eigenvalue weighted by atomic mass is 10.1. The topological polar surface area (TPSA) is 125 Å². The number of anilines is 1. The fourth-order valence-electron chi connectivity index (χ4n) is 2.79. The second-order valence-electron chi connectivity index (χ2n) is 5.31. The minimum Gasteiger partial charge on any atom is -0.333 e. The maximum Gasteiger partial charge on any atom is 0.435 e. The second kappa shape index (κ2) is 12.1. The molecule has 1 aliphatic carbocycles. The number of hydrogen-bond acceptors (Lipinski definition) is 5. The first-order chi connectivity index (χ1) is 13.4. The molecule has 7 nitrogen and oxygen atoms in total.